The predicted molar refractivity (Wildman–Crippen MR) is 182 cm³/mol. The summed E-state index contributed by atoms with van der Waals surface area (Å²) in [6.07, 6.45) is -2.05. The van der Waals surface area contributed by atoms with Gasteiger partial charge in [-0.05, 0) is 81.4 Å². The number of carbonyl (C=O) groups excluding carboxylic acids is 2. The lowest BCUT2D eigenvalue weighted by molar-refractivity contribution is -0.385. The van der Waals surface area contributed by atoms with E-state index in [0.717, 1.165) is 35.5 Å². The molecule has 49 heavy (non-hydrogen) atoms. The van der Waals surface area contributed by atoms with Gasteiger partial charge in [-0.1, -0.05) is 64.1 Å². The summed E-state index contributed by atoms with van der Waals surface area (Å²) in [7, 11) is 0. The minimum atomic E-state index is -4.76. The zero-order chi connectivity index (χ0) is 35.5. The predicted octanol–water partition coefficient (Wildman–Crippen LogP) is 10.1. The number of nitro benzene ring substituents is 1. The third kappa shape index (κ3) is 6.95. The van der Waals surface area contributed by atoms with Crippen molar-refractivity contribution in [3.8, 4) is 11.5 Å². The van der Waals surface area contributed by atoms with E-state index in [-0.39, 0.29) is 33.9 Å². The lowest BCUT2D eigenvalue weighted by Crippen LogP contribution is -2.45. The Hall–Kier alpha value is -4.25. The van der Waals surface area contributed by atoms with Gasteiger partial charge in [-0.25, -0.2) is 0 Å². The number of hydrogen-bond donors (Lipinski definition) is 0. The quantitative estimate of drug-likeness (QED) is 0.177. The third-order valence-electron chi connectivity index (χ3n) is 9.48. The Morgan fingerprint density at radius 2 is 1.43 bits per heavy atom. The van der Waals surface area contributed by atoms with Gasteiger partial charge in [0.15, 0.2) is 11.6 Å². The Morgan fingerprint density at radius 1 is 0.857 bits per heavy atom. The monoisotopic (exact) mass is 736 g/mol. The van der Waals surface area contributed by atoms with E-state index in [2.05, 4.69) is 60.7 Å². The van der Waals surface area contributed by atoms with Crippen molar-refractivity contribution in [1.82, 2.24) is 4.90 Å². The van der Waals surface area contributed by atoms with Crippen LogP contribution in [0.1, 0.15) is 76.0 Å². The molecule has 3 aromatic carbocycles. The number of ketones is 2. The van der Waals surface area contributed by atoms with Crippen molar-refractivity contribution in [2.24, 2.45) is 10.8 Å². The highest BCUT2D eigenvalue weighted by atomic mass is 79.9. The number of carbonyl (C=O) groups is 2. The summed E-state index contributed by atoms with van der Waals surface area (Å²) >= 11 is 3.50. The lowest BCUT2D eigenvalue weighted by Gasteiger charge is -2.49. The number of alkyl halides is 3. The van der Waals surface area contributed by atoms with Crippen molar-refractivity contribution in [2.75, 3.05) is 6.54 Å². The Balaban J connectivity index is 1.45. The molecule has 2 aliphatic carbocycles. The fourth-order valence-corrected chi connectivity index (χ4v) is 7.83. The largest absolute Gasteiger partial charge is 0.449 e. The van der Waals surface area contributed by atoms with Crippen molar-refractivity contribution in [3.05, 3.63) is 121 Å². The fraction of sp³-hybridized carbons (Fsp3) is 0.368. The van der Waals surface area contributed by atoms with Crippen LogP contribution in [0.4, 0.5) is 18.9 Å². The van der Waals surface area contributed by atoms with Crippen molar-refractivity contribution >= 4 is 33.2 Å². The van der Waals surface area contributed by atoms with Gasteiger partial charge in [0.25, 0.3) is 0 Å². The number of allylic oxidation sites excluding steroid dienone is 4. The van der Waals surface area contributed by atoms with E-state index < -0.39 is 28.3 Å². The second-order valence-electron chi connectivity index (χ2n) is 14.7. The minimum absolute atomic E-state index is 0.0121. The standard InChI is InChI=1S/C38H36BrF3N2O5/c1-36(2)18-27-34(29(45)20-36)33(35-28(19-37(3,4)21-30(35)46)43(27)15-14-22-8-6-5-7-9-22)23-10-12-31(25(39)16-23)49-32-13-11-24(38(40,41)42)17-26(32)44(47)48/h5-13,16-17,33H,14-15,18-21H2,1-4H3. The SMILES string of the molecule is CC1(C)CC(=O)C2=C(C1)N(CCc1ccccc1)C1=C(C(=O)CC(C)(C)C1)C2c1ccc(Oc2ccc(C(F)(F)F)cc2[N+](=O)[O-])c(Br)c1. The molecule has 0 atom stereocenters. The number of nitro groups is 1. The fourth-order valence-electron chi connectivity index (χ4n) is 7.36. The summed E-state index contributed by atoms with van der Waals surface area (Å²) in [5.41, 5.74) is 2.35. The van der Waals surface area contributed by atoms with Crippen molar-refractivity contribution in [3.63, 3.8) is 0 Å². The van der Waals surface area contributed by atoms with Crippen LogP contribution in [-0.2, 0) is 22.2 Å². The van der Waals surface area contributed by atoms with E-state index in [9.17, 15) is 32.9 Å². The topological polar surface area (TPSA) is 89.8 Å². The molecule has 0 saturated carbocycles. The molecule has 0 amide bonds. The molecule has 6 rings (SSSR count). The average molecular weight is 738 g/mol. The van der Waals surface area contributed by atoms with Crippen molar-refractivity contribution in [2.45, 2.75) is 71.9 Å². The first kappa shape index (κ1) is 34.6. The summed E-state index contributed by atoms with van der Waals surface area (Å²) < 4.78 is 46.0. The van der Waals surface area contributed by atoms with Crippen LogP contribution < -0.4 is 4.74 Å². The van der Waals surface area contributed by atoms with Gasteiger partial charge in [-0.2, -0.15) is 13.2 Å². The van der Waals surface area contributed by atoms with Gasteiger partial charge in [-0.15, -0.1) is 0 Å². The number of hydrogen-bond acceptors (Lipinski definition) is 6. The molecular formula is C38H36BrF3N2O5. The summed E-state index contributed by atoms with van der Waals surface area (Å²) in [5.74, 6) is -0.884. The molecule has 0 spiro atoms. The van der Waals surface area contributed by atoms with Crippen molar-refractivity contribution in [1.29, 1.82) is 0 Å². The van der Waals surface area contributed by atoms with Gasteiger partial charge in [0.1, 0.15) is 5.75 Å². The van der Waals surface area contributed by atoms with E-state index in [4.69, 9.17) is 4.74 Å². The normalized spacial score (nSPS) is 19.1. The maximum Gasteiger partial charge on any atom is 0.416 e. The van der Waals surface area contributed by atoms with Crippen LogP contribution in [0.3, 0.4) is 0 Å². The van der Waals surface area contributed by atoms with Crippen LogP contribution in [0, 0.1) is 20.9 Å². The molecule has 3 aromatic rings. The summed E-state index contributed by atoms with van der Waals surface area (Å²) in [6.45, 7) is 8.96. The third-order valence-corrected chi connectivity index (χ3v) is 10.1. The highest BCUT2D eigenvalue weighted by Gasteiger charge is 2.49. The van der Waals surface area contributed by atoms with Gasteiger partial charge in [0.2, 0.25) is 5.75 Å². The zero-order valence-electron chi connectivity index (χ0n) is 27.6. The molecule has 3 aliphatic rings. The molecule has 0 fully saturated rings. The molecule has 0 N–H and O–H groups in total. The van der Waals surface area contributed by atoms with Crippen molar-refractivity contribution < 1.29 is 32.4 Å². The van der Waals surface area contributed by atoms with E-state index in [1.807, 2.05) is 18.2 Å². The Labute approximate surface area is 291 Å². The minimum Gasteiger partial charge on any atom is -0.449 e. The number of benzene rings is 3. The second kappa shape index (κ2) is 12.6. The molecule has 256 valence electrons. The van der Waals surface area contributed by atoms with Gasteiger partial charge in [0.05, 0.1) is 15.0 Å². The maximum atomic E-state index is 14.1. The number of Topliss-reactive ketones (excluding diaryl/α,β-unsaturated/α-hetero) is 2. The smallest absolute Gasteiger partial charge is 0.416 e. The van der Waals surface area contributed by atoms with Gasteiger partial charge >= 0.3 is 11.9 Å². The van der Waals surface area contributed by atoms with Gasteiger partial charge in [0, 0.05) is 53.9 Å². The zero-order valence-corrected chi connectivity index (χ0v) is 29.2. The summed E-state index contributed by atoms with van der Waals surface area (Å²) in [5, 5.41) is 11.7. The highest BCUT2D eigenvalue weighted by Crippen LogP contribution is 2.55. The van der Waals surface area contributed by atoms with E-state index in [0.29, 0.717) is 59.5 Å². The summed E-state index contributed by atoms with van der Waals surface area (Å²) in [6, 6.07) is 17.2. The Morgan fingerprint density at radius 3 is 1.96 bits per heavy atom. The Bertz CT molecular complexity index is 1880. The summed E-state index contributed by atoms with van der Waals surface area (Å²) in [4.78, 5) is 41.3. The first-order chi connectivity index (χ1) is 22.9. The number of rotatable bonds is 7. The number of halogens is 4. The molecule has 0 saturated heterocycles. The molecule has 0 unspecified atom stereocenters. The van der Waals surface area contributed by atoms with Gasteiger partial charge in [-0.3, -0.25) is 19.7 Å². The highest BCUT2D eigenvalue weighted by molar-refractivity contribution is 9.10. The molecule has 1 heterocycles. The van der Waals surface area contributed by atoms with E-state index in [1.165, 1.54) is 0 Å². The molecule has 7 nitrogen and oxygen atoms in total. The molecule has 1 aliphatic heterocycles. The second-order valence-corrected chi connectivity index (χ2v) is 15.5. The van der Waals surface area contributed by atoms with Crippen LogP contribution in [0.5, 0.6) is 11.5 Å². The molecule has 11 heteroatoms. The van der Waals surface area contributed by atoms with E-state index >= 15 is 0 Å². The van der Waals surface area contributed by atoms with E-state index in [1.54, 1.807) is 18.2 Å². The number of nitrogens with zero attached hydrogens (tertiary/aromatic N) is 2. The molecule has 0 aromatic heterocycles. The van der Waals surface area contributed by atoms with Crippen LogP contribution in [0.2, 0.25) is 0 Å². The molecule has 0 bridgehead atoms. The number of ether oxygens (including phenoxy) is 1. The first-order valence-electron chi connectivity index (χ1n) is 16.1. The maximum absolute atomic E-state index is 14.1. The Kier molecular flexibility index (Phi) is 8.88. The van der Waals surface area contributed by atoms with Gasteiger partial charge < -0.3 is 9.64 Å². The molecular weight excluding hydrogens is 701 g/mol. The molecule has 0 radical (unpaired) electrons. The first-order valence-corrected chi connectivity index (χ1v) is 16.9. The van der Waals surface area contributed by atoms with Crippen LogP contribution in [0.25, 0.3) is 0 Å². The lowest BCUT2D eigenvalue weighted by atomic mass is 9.63. The van der Waals surface area contributed by atoms with Crippen LogP contribution >= 0.6 is 15.9 Å². The average Bonchev–Trinajstić information content (AvgIpc) is 2.99. The van der Waals surface area contributed by atoms with Crippen LogP contribution in [-0.4, -0.2) is 27.9 Å². The van der Waals surface area contributed by atoms with Crippen LogP contribution in [0.15, 0.2) is 93.7 Å².